The molecule has 2 aliphatic rings. The molecule has 25 heavy (non-hydrogen) atoms. The number of carbonyl (C=O) groups is 1. The van der Waals surface area contributed by atoms with Gasteiger partial charge in [0.25, 0.3) is 5.91 Å². The minimum Gasteiger partial charge on any atom is -0.358 e. The molecule has 0 spiro atoms. The number of nitrogens with zero attached hydrogens (tertiary/aromatic N) is 3. The van der Waals surface area contributed by atoms with E-state index in [0.29, 0.717) is 6.54 Å². The number of benzene rings is 1. The van der Waals surface area contributed by atoms with E-state index in [9.17, 15) is 4.79 Å². The summed E-state index contributed by atoms with van der Waals surface area (Å²) in [5.74, 6) is 0.133. The lowest BCUT2D eigenvalue weighted by Crippen LogP contribution is -2.37. The summed E-state index contributed by atoms with van der Waals surface area (Å²) in [7, 11) is 1.91. The van der Waals surface area contributed by atoms with Crippen LogP contribution >= 0.6 is 0 Å². The van der Waals surface area contributed by atoms with Gasteiger partial charge in [-0.1, -0.05) is 18.2 Å². The molecule has 1 aliphatic carbocycles. The first-order valence-electron chi connectivity index (χ1n) is 9.15. The lowest BCUT2D eigenvalue weighted by Gasteiger charge is -2.28. The number of fused-ring (bicyclic) bond motifs is 4. The molecule has 128 valence electrons. The van der Waals surface area contributed by atoms with E-state index >= 15 is 0 Å². The number of amides is 1. The van der Waals surface area contributed by atoms with Crippen LogP contribution in [-0.4, -0.2) is 32.1 Å². The second kappa shape index (κ2) is 5.48. The molecule has 5 nitrogen and oxygen atoms in total. The Bertz CT molecular complexity index is 981. The number of aromatic nitrogens is 3. The SMILES string of the molecule is Cn1nc2c(c1C(=O)N1CCc3[nH]c4ccccc4c3C1)CCCC2. The first-order valence-corrected chi connectivity index (χ1v) is 9.15. The van der Waals surface area contributed by atoms with Crippen LogP contribution in [0.4, 0.5) is 0 Å². The molecule has 0 saturated carbocycles. The molecular formula is C20H22N4O. The van der Waals surface area contributed by atoms with Crippen LogP contribution < -0.4 is 0 Å². The van der Waals surface area contributed by atoms with Crippen molar-refractivity contribution in [3.63, 3.8) is 0 Å². The topological polar surface area (TPSA) is 53.9 Å². The molecule has 0 fully saturated rings. The van der Waals surface area contributed by atoms with Gasteiger partial charge in [-0.15, -0.1) is 0 Å². The quantitative estimate of drug-likeness (QED) is 0.744. The third-order valence-electron chi connectivity index (χ3n) is 5.69. The monoisotopic (exact) mass is 334 g/mol. The first-order chi connectivity index (χ1) is 12.2. The van der Waals surface area contributed by atoms with E-state index in [1.54, 1.807) is 0 Å². The lowest BCUT2D eigenvalue weighted by atomic mass is 9.95. The van der Waals surface area contributed by atoms with Crippen LogP contribution in [0.3, 0.4) is 0 Å². The Morgan fingerprint density at radius 2 is 1.96 bits per heavy atom. The second-order valence-corrected chi connectivity index (χ2v) is 7.21. The fourth-order valence-electron chi connectivity index (χ4n) is 4.44. The number of H-pyrrole nitrogens is 1. The van der Waals surface area contributed by atoms with Crippen molar-refractivity contribution in [3.8, 4) is 0 Å². The first kappa shape index (κ1) is 14.8. The molecule has 0 atom stereocenters. The molecule has 0 unspecified atom stereocenters. The molecule has 0 radical (unpaired) electrons. The Labute approximate surface area is 146 Å². The van der Waals surface area contributed by atoms with Crippen molar-refractivity contribution in [1.82, 2.24) is 19.7 Å². The Morgan fingerprint density at radius 1 is 1.12 bits per heavy atom. The second-order valence-electron chi connectivity index (χ2n) is 7.21. The largest absolute Gasteiger partial charge is 0.358 e. The molecule has 5 rings (SSSR count). The summed E-state index contributed by atoms with van der Waals surface area (Å²) in [5, 5.41) is 5.85. The Morgan fingerprint density at radius 3 is 2.88 bits per heavy atom. The summed E-state index contributed by atoms with van der Waals surface area (Å²) < 4.78 is 1.81. The van der Waals surface area contributed by atoms with Crippen molar-refractivity contribution in [2.75, 3.05) is 6.54 Å². The van der Waals surface area contributed by atoms with Crippen LogP contribution in [0.15, 0.2) is 24.3 Å². The van der Waals surface area contributed by atoms with Crippen LogP contribution in [0.1, 0.15) is 45.8 Å². The fourth-order valence-corrected chi connectivity index (χ4v) is 4.44. The Balaban J connectivity index is 1.51. The molecule has 1 aliphatic heterocycles. The minimum absolute atomic E-state index is 0.133. The number of aryl methyl sites for hydroxylation is 2. The molecule has 0 bridgehead atoms. The minimum atomic E-state index is 0.133. The van der Waals surface area contributed by atoms with Gasteiger partial charge in [0.1, 0.15) is 5.69 Å². The third kappa shape index (κ3) is 2.22. The number of hydrogen-bond donors (Lipinski definition) is 1. The van der Waals surface area contributed by atoms with E-state index in [0.717, 1.165) is 43.6 Å². The normalized spacial score (nSPS) is 16.8. The predicted molar refractivity (Wildman–Crippen MR) is 96.6 cm³/mol. The molecule has 0 saturated heterocycles. The van der Waals surface area contributed by atoms with Crippen molar-refractivity contribution in [1.29, 1.82) is 0 Å². The molecule has 1 amide bonds. The highest BCUT2D eigenvalue weighted by molar-refractivity contribution is 5.95. The van der Waals surface area contributed by atoms with Gasteiger partial charge in [-0.3, -0.25) is 9.48 Å². The standard InChI is InChI=1S/C20H22N4O/c1-23-19(14-7-3-5-9-18(14)22-23)20(25)24-11-10-17-15(12-24)13-6-2-4-8-16(13)21-17/h2,4,6,8,21H,3,5,7,9-12H2,1H3. The number of rotatable bonds is 1. The van der Waals surface area contributed by atoms with Crippen molar-refractivity contribution in [2.45, 2.75) is 38.6 Å². The number of hydrogen-bond acceptors (Lipinski definition) is 2. The maximum Gasteiger partial charge on any atom is 0.272 e. The molecule has 5 heteroatoms. The highest BCUT2D eigenvalue weighted by Gasteiger charge is 2.30. The highest BCUT2D eigenvalue weighted by atomic mass is 16.2. The van der Waals surface area contributed by atoms with Gasteiger partial charge >= 0.3 is 0 Å². The highest BCUT2D eigenvalue weighted by Crippen LogP contribution is 2.30. The van der Waals surface area contributed by atoms with E-state index in [2.05, 4.69) is 34.3 Å². The average Bonchev–Trinajstić information content (AvgIpc) is 3.17. The Hall–Kier alpha value is -2.56. The molecule has 3 aromatic rings. The van der Waals surface area contributed by atoms with Crippen LogP contribution in [0.25, 0.3) is 10.9 Å². The smallest absolute Gasteiger partial charge is 0.272 e. The third-order valence-corrected chi connectivity index (χ3v) is 5.69. The summed E-state index contributed by atoms with van der Waals surface area (Å²) in [5.41, 5.74) is 6.83. The molecule has 1 aromatic carbocycles. The van der Waals surface area contributed by atoms with E-state index < -0.39 is 0 Å². The zero-order chi connectivity index (χ0) is 17.0. The molecular weight excluding hydrogens is 312 g/mol. The summed E-state index contributed by atoms with van der Waals surface area (Å²) >= 11 is 0. The Kier molecular flexibility index (Phi) is 3.23. The maximum atomic E-state index is 13.3. The van der Waals surface area contributed by atoms with E-state index in [4.69, 9.17) is 0 Å². The van der Waals surface area contributed by atoms with Gasteiger partial charge in [0.05, 0.1) is 5.69 Å². The van der Waals surface area contributed by atoms with Gasteiger partial charge in [0, 0.05) is 54.3 Å². The van der Waals surface area contributed by atoms with Crippen LogP contribution in [0.5, 0.6) is 0 Å². The summed E-state index contributed by atoms with van der Waals surface area (Å²) in [4.78, 5) is 18.8. The number of aromatic amines is 1. The van der Waals surface area contributed by atoms with E-state index in [1.165, 1.54) is 34.1 Å². The predicted octanol–water partition coefficient (Wildman–Crippen LogP) is 2.98. The van der Waals surface area contributed by atoms with Crippen molar-refractivity contribution >= 4 is 16.8 Å². The zero-order valence-electron chi connectivity index (χ0n) is 14.5. The summed E-state index contributed by atoms with van der Waals surface area (Å²) in [6.07, 6.45) is 5.21. The summed E-state index contributed by atoms with van der Waals surface area (Å²) in [6, 6.07) is 8.37. The average molecular weight is 334 g/mol. The summed E-state index contributed by atoms with van der Waals surface area (Å²) in [6.45, 7) is 1.44. The van der Waals surface area contributed by atoms with Gasteiger partial charge in [0.15, 0.2) is 0 Å². The zero-order valence-corrected chi connectivity index (χ0v) is 14.5. The lowest BCUT2D eigenvalue weighted by molar-refractivity contribution is 0.0722. The molecule has 3 heterocycles. The van der Waals surface area contributed by atoms with Crippen molar-refractivity contribution in [3.05, 3.63) is 52.5 Å². The van der Waals surface area contributed by atoms with Crippen LogP contribution in [0.2, 0.25) is 0 Å². The number of nitrogens with one attached hydrogen (secondary N) is 1. The van der Waals surface area contributed by atoms with Gasteiger partial charge in [-0.05, 0) is 31.7 Å². The fraction of sp³-hybridized carbons (Fsp3) is 0.400. The van der Waals surface area contributed by atoms with Crippen molar-refractivity contribution in [2.24, 2.45) is 7.05 Å². The number of carbonyl (C=O) groups excluding carboxylic acids is 1. The molecule has 2 aromatic heterocycles. The van der Waals surface area contributed by atoms with Crippen molar-refractivity contribution < 1.29 is 4.79 Å². The molecule has 1 N–H and O–H groups in total. The van der Waals surface area contributed by atoms with Gasteiger partial charge in [-0.2, -0.15) is 5.10 Å². The van der Waals surface area contributed by atoms with E-state index in [1.807, 2.05) is 16.6 Å². The maximum absolute atomic E-state index is 13.3. The van der Waals surface area contributed by atoms with Gasteiger partial charge < -0.3 is 9.88 Å². The van der Waals surface area contributed by atoms with Crippen LogP contribution in [0, 0.1) is 0 Å². The number of para-hydroxylation sites is 1. The van der Waals surface area contributed by atoms with Gasteiger partial charge in [0.2, 0.25) is 0 Å². The van der Waals surface area contributed by atoms with E-state index in [-0.39, 0.29) is 5.91 Å². The van der Waals surface area contributed by atoms with Gasteiger partial charge in [-0.25, -0.2) is 0 Å². The van der Waals surface area contributed by atoms with Crippen LogP contribution in [-0.2, 0) is 32.9 Å².